The quantitative estimate of drug-likeness (QED) is 0.729. The Hall–Kier alpha value is -1.63. The number of hydrogen-bond acceptors (Lipinski definition) is 4. The lowest BCUT2D eigenvalue weighted by molar-refractivity contribution is -0.117. The van der Waals surface area contributed by atoms with Gasteiger partial charge >= 0.3 is 6.03 Å². The van der Waals surface area contributed by atoms with Crippen LogP contribution in [0.3, 0.4) is 0 Å². The summed E-state index contributed by atoms with van der Waals surface area (Å²) in [7, 11) is 0. The topological polar surface area (TPSA) is 97.1 Å². The van der Waals surface area contributed by atoms with Gasteiger partial charge < -0.3 is 16.4 Å². The van der Waals surface area contributed by atoms with Crippen molar-refractivity contribution >= 4 is 28.4 Å². The number of rotatable bonds is 3. The highest BCUT2D eigenvalue weighted by Crippen LogP contribution is 2.20. The Morgan fingerprint density at radius 1 is 1.44 bits per heavy atom. The Balaban J connectivity index is 2.60. The van der Waals surface area contributed by atoms with Gasteiger partial charge in [0.25, 0.3) is 0 Å². The van der Waals surface area contributed by atoms with Gasteiger partial charge in [0.05, 0.1) is 5.69 Å². The highest BCUT2D eigenvalue weighted by molar-refractivity contribution is 7.15. The van der Waals surface area contributed by atoms with Crippen molar-refractivity contribution in [3.8, 4) is 0 Å². The molecule has 1 atom stereocenters. The molecule has 4 N–H and O–H groups in total. The highest BCUT2D eigenvalue weighted by Gasteiger charge is 2.15. The number of amides is 3. The number of aryl methyl sites for hydroxylation is 2. The van der Waals surface area contributed by atoms with Crippen molar-refractivity contribution in [2.45, 2.75) is 26.8 Å². The molecule has 0 spiro atoms. The van der Waals surface area contributed by atoms with Crippen LogP contribution >= 0.6 is 11.3 Å². The number of thiazole rings is 1. The molecule has 0 aliphatic heterocycles. The predicted molar refractivity (Wildman–Crippen MR) is 62.4 cm³/mol. The molecule has 0 fully saturated rings. The number of aromatic nitrogens is 1. The normalized spacial score (nSPS) is 11.9. The minimum Gasteiger partial charge on any atom is -0.352 e. The second-order valence-electron chi connectivity index (χ2n) is 3.38. The molecule has 0 saturated heterocycles. The SMILES string of the molecule is Cc1nc(NC(=O)C(C)NC(N)=O)sc1C. The van der Waals surface area contributed by atoms with Crippen LogP contribution in [0.1, 0.15) is 17.5 Å². The van der Waals surface area contributed by atoms with Crippen LogP contribution in [-0.4, -0.2) is 23.0 Å². The Kier molecular flexibility index (Phi) is 3.83. The third-order valence-electron chi connectivity index (χ3n) is 2.01. The largest absolute Gasteiger partial charge is 0.352 e. The number of carbonyl (C=O) groups is 2. The first kappa shape index (κ1) is 12.4. The second-order valence-corrected chi connectivity index (χ2v) is 4.58. The molecule has 0 radical (unpaired) electrons. The molecule has 1 rings (SSSR count). The van der Waals surface area contributed by atoms with Crippen LogP contribution in [0, 0.1) is 13.8 Å². The zero-order chi connectivity index (χ0) is 12.3. The number of nitrogens with one attached hydrogen (secondary N) is 2. The summed E-state index contributed by atoms with van der Waals surface area (Å²) in [6, 6.07) is -1.41. The van der Waals surface area contributed by atoms with E-state index in [2.05, 4.69) is 15.6 Å². The Labute approximate surface area is 97.2 Å². The van der Waals surface area contributed by atoms with Crippen LogP contribution in [0.4, 0.5) is 9.93 Å². The van der Waals surface area contributed by atoms with Crippen molar-refractivity contribution in [1.82, 2.24) is 10.3 Å². The van der Waals surface area contributed by atoms with Crippen LogP contribution < -0.4 is 16.4 Å². The van der Waals surface area contributed by atoms with Crippen molar-refractivity contribution < 1.29 is 9.59 Å². The van der Waals surface area contributed by atoms with Gasteiger partial charge in [-0.2, -0.15) is 0 Å². The third-order valence-corrected chi connectivity index (χ3v) is 3.00. The van der Waals surface area contributed by atoms with E-state index >= 15 is 0 Å². The molecule has 0 saturated carbocycles. The van der Waals surface area contributed by atoms with Gasteiger partial charge in [0.1, 0.15) is 6.04 Å². The first-order valence-electron chi connectivity index (χ1n) is 4.71. The summed E-state index contributed by atoms with van der Waals surface area (Å²) in [4.78, 5) is 27.3. The summed E-state index contributed by atoms with van der Waals surface area (Å²) in [5.41, 5.74) is 5.79. The molecule has 7 heteroatoms. The molecular formula is C9H14N4O2S. The average molecular weight is 242 g/mol. The molecule has 0 aliphatic carbocycles. The van der Waals surface area contributed by atoms with Crippen LogP contribution in [0.5, 0.6) is 0 Å². The summed E-state index contributed by atoms with van der Waals surface area (Å²) in [5, 5.41) is 5.42. The van der Waals surface area contributed by atoms with Crippen molar-refractivity contribution in [3.63, 3.8) is 0 Å². The maximum atomic E-state index is 11.6. The van der Waals surface area contributed by atoms with Crippen molar-refractivity contribution in [2.24, 2.45) is 5.73 Å². The monoisotopic (exact) mass is 242 g/mol. The van der Waals surface area contributed by atoms with E-state index in [9.17, 15) is 9.59 Å². The number of urea groups is 1. The molecule has 6 nitrogen and oxygen atoms in total. The van der Waals surface area contributed by atoms with E-state index in [0.717, 1.165) is 10.6 Å². The van der Waals surface area contributed by atoms with Crippen LogP contribution in [0.25, 0.3) is 0 Å². The van der Waals surface area contributed by atoms with Crippen LogP contribution in [0.15, 0.2) is 0 Å². The van der Waals surface area contributed by atoms with Crippen molar-refractivity contribution in [3.05, 3.63) is 10.6 Å². The molecule has 0 aromatic carbocycles. The zero-order valence-corrected chi connectivity index (χ0v) is 10.1. The van der Waals surface area contributed by atoms with Gasteiger partial charge in [-0.3, -0.25) is 4.79 Å². The van der Waals surface area contributed by atoms with Crippen LogP contribution in [0.2, 0.25) is 0 Å². The average Bonchev–Trinajstić information content (AvgIpc) is 2.44. The van der Waals surface area contributed by atoms with Crippen molar-refractivity contribution in [2.75, 3.05) is 5.32 Å². The second kappa shape index (κ2) is 4.93. The lowest BCUT2D eigenvalue weighted by Crippen LogP contribution is -2.44. The van der Waals surface area contributed by atoms with Gasteiger partial charge in [0.15, 0.2) is 5.13 Å². The van der Waals surface area contributed by atoms with E-state index in [4.69, 9.17) is 5.73 Å². The molecule has 3 amide bonds. The fourth-order valence-electron chi connectivity index (χ4n) is 1.02. The van der Waals surface area contributed by atoms with E-state index in [1.54, 1.807) is 6.92 Å². The number of nitrogens with zero attached hydrogens (tertiary/aromatic N) is 1. The third kappa shape index (κ3) is 3.20. The molecule has 0 aliphatic rings. The lowest BCUT2D eigenvalue weighted by atomic mass is 10.3. The van der Waals surface area contributed by atoms with E-state index in [-0.39, 0.29) is 5.91 Å². The summed E-state index contributed by atoms with van der Waals surface area (Å²) in [5.74, 6) is -0.340. The summed E-state index contributed by atoms with van der Waals surface area (Å²) >= 11 is 1.39. The lowest BCUT2D eigenvalue weighted by Gasteiger charge is -2.10. The number of primary amides is 1. The zero-order valence-electron chi connectivity index (χ0n) is 9.33. The summed E-state index contributed by atoms with van der Waals surface area (Å²) in [6.07, 6.45) is 0. The van der Waals surface area contributed by atoms with Crippen LogP contribution in [-0.2, 0) is 4.79 Å². The first-order valence-corrected chi connectivity index (χ1v) is 5.52. The molecule has 1 heterocycles. The van der Waals surface area contributed by atoms with Crippen molar-refractivity contribution in [1.29, 1.82) is 0 Å². The van der Waals surface area contributed by atoms with E-state index in [1.165, 1.54) is 11.3 Å². The van der Waals surface area contributed by atoms with Gasteiger partial charge in [0.2, 0.25) is 5.91 Å². The minimum absolute atomic E-state index is 0.340. The number of anilines is 1. The molecule has 1 aromatic heterocycles. The number of nitrogens with two attached hydrogens (primary N) is 1. The number of hydrogen-bond donors (Lipinski definition) is 3. The van der Waals surface area contributed by atoms with Gasteiger partial charge in [-0.25, -0.2) is 9.78 Å². The van der Waals surface area contributed by atoms with E-state index < -0.39 is 12.1 Å². The molecule has 0 bridgehead atoms. The fourth-order valence-corrected chi connectivity index (χ4v) is 1.84. The predicted octanol–water partition coefficient (Wildman–Crippen LogP) is 0.755. The van der Waals surface area contributed by atoms with Gasteiger partial charge in [-0.15, -0.1) is 11.3 Å². The molecule has 88 valence electrons. The first-order chi connectivity index (χ1) is 7.40. The summed E-state index contributed by atoms with van der Waals surface area (Å²) < 4.78 is 0. The maximum absolute atomic E-state index is 11.6. The Bertz CT molecular complexity index is 396. The standard InChI is InChI=1S/C9H14N4O2S/c1-4-6(3)16-9(12-4)13-7(14)5(2)11-8(10)15/h5H,1-3H3,(H3,10,11,15)(H,12,13,14). The van der Waals surface area contributed by atoms with Gasteiger partial charge in [0, 0.05) is 4.88 Å². The molecule has 1 aromatic rings. The summed E-state index contributed by atoms with van der Waals surface area (Å²) in [6.45, 7) is 5.34. The smallest absolute Gasteiger partial charge is 0.312 e. The fraction of sp³-hybridized carbons (Fsp3) is 0.444. The Morgan fingerprint density at radius 3 is 2.50 bits per heavy atom. The number of carbonyl (C=O) groups excluding carboxylic acids is 2. The highest BCUT2D eigenvalue weighted by atomic mass is 32.1. The van der Waals surface area contributed by atoms with Gasteiger partial charge in [-0.1, -0.05) is 0 Å². The molecule has 16 heavy (non-hydrogen) atoms. The maximum Gasteiger partial charge on any atom is 0.312 e. The Morgan fingerprint density at radius 2 is 2.06 bits per heavy atom. The van der Waals surface area contributed by atoms with E-state index in [0.29, 0.717) is 5.13 Å². The molecular weight excluding hydrogens is 228 g/mol. The molecule has 1 unspecified atom stereocenters. The van der Waals surface area contributed by atoms with Gasteiger partial charge in [-0.05, 0) is 20.8 Å². The minimum atomic E-state index is -0.728. The van der Waals surface area contributed by atoms with E-state index in [1.807, 2.05) is 13.8 Å².